The quantitative estimate of drug-likeness (QED) is 0.325. The molecule has 0 bridgehead atoms. The number of piperazine rings is 1. The summed E-state index contributed by atoms with van der Waals surface area (Å²) < 4.78 is 1.79. The van der Waals surface area contributed by atoms with Crippen LogP contribution in [0.25, 0.3) is 10.9 Å². The zero-order valence-electron chi connectivity index (χ0n) is 21.4. The topological polar surface area (TPSA) is 126 Å². The van der Waals surface area contributed by atoms with E-state index in [1.807, 2.05) is 52.0 Å². The number of hydrogen-bond donors (Lipinski definition) is 1. The van der Waals surface area contributed by atoms with Gasteiger partial charge in [0, 0.05) is 49.6 Å². The molecule has 0 amide bonds. The Hall–Kier alpha value is -4.12. The van der Waals surface area contributed by atoms with Crippen LogP contribution < -0.4 is 10.5 Å². The van der Waals surface area contributed by atoms with Crippen LogP contribution in [0, 0.1) is 17.0 Å². The molecule has 0 saturated carbocycles. The minimum atomic E-state index is -0.443. The summed E-state index contributed by atoms with van der Waals surface area (Å²) in [5.41, 5.74) is 2.90. The van der Waals surface area contributed by atoms with Crippen molar-refractivity contribution >= 4 is 22.3 Å². The van der Waals surface area contributed by atoms with Crippen molar-refractivity contribution in [1.82, 2.24) is 30.1 Å². The van der Waals surface area contributed by atoms with E-state index in [0.717, 1.165) is 22.2 Å². The van der Waals surface area contributed by atoms with Gasteiger partial charge in [-0.25, -0.2) is 4.68 Å². The fraction of sp³-hybridized carbons (Fsp3) is 0.385. The number of fused-ring (bicyclic) bond motifs is 1. The highest BCUT2D eigenvalue weighted by Gasteiger charge is 2.35. The largest absolute Gasteiger partial charge is 0.369 e. The molecule has 1 aliphatic rings. The third kappa shape index (κ3) is 4.69. The van der Waals surface area contributed by atoms with E-state index in [-0.39, 0.29) is 16.8 Å². The Labute approximate surface area is 213 Å². The van der Waals surface area contributed by atoms with E-state index in [0.29, 0.717) is 37.6 Å². The summed E-state index contributed by atoms with van der Waals surface area (Å²) in [6.07, 6.45) is 0. The molecule has 5 rings (SSSR count). The lowest BCUT2D eigenvalue weighted by Crippen LogP contribution is -2.49. The molecular formula is C26H30N8O3. The lowest BCUT2D eigenvalue weighted by molar-refractivity contribution is -0.384. The first-order valence-electron chi connectivity index (χ1n) is 12.3. The molecule has 11 heteroatoms. The molecule has 0 spiro atoms. The number of benzene rings is 2. The van der Waals surface area contributed by atoms with E-state index < -0.39 is 11.0 Å². The van der Waals surface area contributed by atoms with Crippen molar-refractivity contribution in [3.05, 3.63) is 86.0 Å². The molecule has 4 aromatic rings. The maximum absolute atomic E-state index is 13.5. The van der Waals surface area contributed by atoms with Gasteiger partial charge in [-0.15, -0.1) is 5.10 Å². The number of nitrogens with zero attached hydrogens (tertiary/aromatic N) is 7. The van der Waals surface area contributed by atoms with Crippen LogP contribution in [0.15, 0.2) is 53.3 Å². The predicted octanol–water partition coefficient (Wildman–Crippen LogP) is 3.40. The zero-order valence-corrected chi connectivity index (χ0v) is 21.4. The number of rotatable bonds is 5. The number of para-hydroxylation sites is 1. The number of aryl methyl sites for hydroxylation is 1. The van der Waals surface area contributed by atoms with Crippen molar-refractivity contribution in [3.63, 3.8) is 0 Å². The number of anilines is 1. The predicted molar refractivity (Wildman–Crippen MR) is 141 cm³/mol. The van der Waals surface area contributed by atoms with Crippen LogP contribution in [0.5, 0.6) is 0 Å². The van der Waals surface area contributed by atoms with Crippen LogP contribution in [0.1, 0.15) is 43.8 Å². The first-order chi connectivity index (χ1) is 17.6. The molecule has 11 nitrogen and oxygen atoms in total. The maximum atomic E-state index is 13.5. The van der Waals surface area contributed by atoms with Crippen molar-refractivity contribution in [2.45, 2.75) is 39.3 Å². The van der Waals surface area contributed by atoms with E-state index in [2.05, 4.69) is 30.3 Å². The van der Waals surface area contributed by atoms with Crippen LogP contribution in [-0.4, -0.2) is 61.2 Å². The molecule has 3 heterocycles. The molecule has 1 N–H and O–H groups in total. The van der Waals surface area contributed by atoms with E-state index in [1.165, 1.54) is 12.1 Å². The average molecular weight is 503 g/mol. The number of aromatic amines is 1. The number of hydrogen-bond acceptors (Lipinski definition) is 8. The Bertz CT molecular complexity index is 1500. The molecule has 0 unspecified atom stereocenters. The van der Waals surface area contributed by atoms with Crippen LogP contribution in [0.4, 0.5) is 11.4 Å². The van der Waals surface area contributed by atoms with E-state index in [9.17, 15) is 14.9 Å². The summed E-state index contributed by atoms with van der Waals surface area (Å²) >= 11 is 0. The molecule has 0 aliphatic carbocycles. The van der Waals surface area contributed by atoms with Gasteiger partial charge in [-0.2, -0.15) is 0 Å². The second-order valence-electron chi connectivity index (χ2n) is 10.4. The highest BCUT2D eigenvalue weighted by atomic mass is 16.6. The van der Waals surface area contributed by atoms with Crippen molar-refractivity contribution in [1.29, 1.82) is 0 Å². The van der Waals surface area contributed by atoms with E-state index >= 15 is 0 Å². The summed E-state index contributed by atoms with van der Waals surface area (Å²) in [7, 11) is 0. The molecule has 0 radical (unpaired) electrons. The Morgan fingerprint density at radius 2 is 1.76 bits per heavy atom. The van der Waals surface area contributed by atoms with Crippen molar-refractivity contribution in [2.75, 3.05) is 31.1 Å². The van der Waals surface area contributed by atoms with Crippen LogP contribution in [-0.2, 0) is 5.54 Å². The minimum absolute atomic E-state index is 0.0715. The number of H-pyrrole nitrogens is 1. The summed E-state index contributed by atoms with van der Waals surface area (Å²) in [4.78, 5) is 31.6. The standard InChI is InChI=1S/C26H30N8O3/c1-17-6-5-7-18-16-21(25(35)27-22(17)18)23(24-28-29-30-33(24)26(2,3)4)32-14-12-31(13-15-32)19-8-10-20(11-9-19)34(36)37/h5-11,16,23H,12-15H2,1-4H3,(H,27,35)/t23-/m1/s1. The lowest BCUT2D eigenvalue weighted by Gasteiger charge is -2.40. The average Bonchev–Trinajstić information content (AvgIpc) is 3.36. The molecule has 2 aromatic heterocycles. The molecular weight excluding hydrogens is 472 g/mol. The molecule has 1 fully saturated rings. The van der Waals surface area contributed by atoms with Gasteiger partial charge in [0.15, 0.2) is 5.82 Å². The summed E-state index contributed by atoms with van der Waals surface area (Å²) in [5, 5.41) is 24.6. The minimum Gasteiger partial charge on any atom is -0.369 e. The first kappa shape index (κ1) is 24.6. The van der Waals surface area contributed by atoms with Gasteiger partial charge < -0.3 is 9.88 Å². The van der Waals surface area contributed by atoms with Gasteiger partial charge in [0.2, 0.25) is 0 Å². The molecule has 1 saturated heterocycles. The highest BCUT2D eigenvalue weighted by Crippen LogP contribution is 2.31. The molecule has 1 atom stereocenters. The molecule has 192 valence electrons. The second-order valence-corrected chi connectivity index (χ2v) is 10.4. The SMILES string of the molecule is Cc1cccc2cc([C@H](c3nnnn3C(C)(C)C)N3CCN(c4ccc([N+](=O)[O-])cc4)CC3)c(=O)[nH]c12. The monoisotopic (exact) mass is 502 g/mol. The number of nitro benzene ring substituents is 1. The fourth-order valence-corrected chi connectivity index (χ4v) is 4.97. The van der Waals surface area contributed by atoms with E-state index in [1.54, 1.807) is 16.8 Å². The van der Waals surface area contributed by atoms with Gasteiger partial charge in [0.25, 0.3) is 11.2 Å². The number of pyridine rings is 1. The fourth-order valence-electron chi connectivity index (χ4n) is 4.97. The maximum Gasteiger partial charge on any atom is 0.269 e. The Morgan fingerprint density at radius 1 is 1.05 bits per heavy atom. The second kappa shape index (κ2) is 9.40. The number of nitrogens with one attached hydrogen (secondary N) is 1. The summed E-state index contributed by atoms with van der Waals surface area (Å²) in [6, 6.07) is 14.1. The molecule has 2 aromatic carbocycles. The third-order valence-corrected chi connectivity index (χ3v) is 6.89. The van der Waals surface area contributed by atoms with Crippen molar-refractivity contribution in [3.8, 4) is 0 Å². The first-order valence-corrected chi connectivity index (χ1v) is 12.3. The van der Waals surface area contributed by atoms with Gasteiger partial charge in [0.1, 0.15) is 6.04 Å². The Morgan fingerprint density at radius 3 is 2.41 bits per heavy atom. The van der Waals surface area contributed by atoms with E-state index in [4.69, 9.17) is 0 Å². The zero-order chi connectivity index (χ0) is 26.3. The third-order valence-electron chi connectivity index (χ3n) is 6.89. The smallest absolute Gasteiger partial charge is 0.269 e. The number of non-ortho nitro benzene ring substituents is 1. The van der Waals surface area contributed by atoms with Crippen LogP contribution in [0.2, 0.25) is 0 Å². The van der Waals surface area contributed by atoms with Gasteiger partial charge in [-0.05, 0) is 67.3 Å². The summed E-state index contributed by atoms with van der Waals surface area (Å²) in [5.74, 6) is 0.619. The van der Waals surface area contributed by atoms with Gasteiger partial charge in [-0.3, -0.25) is 19.8 Å². The lowest BCUT2D eigenvalue weighted by atomic mass is 10.00. The van der Waals surface area contributed by atoms with Gasteiger partial charge >= 0.3 is 0 Å². The number of tetrazole rings is 1. The molecule has 1 aliphatic heterocycles. The normalized spacial score (nSPS) is 15.7. The van der Waals surface area contributed by atoms with Crippen molar-refractivity contribution in [2.24, 2.45) is 0 Å². The van der Waals surface area contributed by atoms with Crippen LogP contribution in [0.3, 0.4) is 0 Å². The Kier molecular flexibility index (Phi) is 6.24. The van der Waals surface area contributed by atoms with Gasteiger partial charge in [-0.1, -0.05) is 18.2 Å². The Balaban J connectivity index is 1.52. The number of aromatic nitrogens is 5. The summed E-state index contributed by atoms with van der Waals surface area (Å²) in [6.45, 7) is 10.8. The van der Waals surface area contributed by atoms with Gasteiger partial charge in [0.05, 0.1) is 16.0 Å². The van der Waals surface area contributed by atoms with Crippen molar-refractivity contribution < 1.29 is 4.92 Å². The molecule has 37 heavy (non-hydrogen) atoms. The number of nitro groups is 1. The highest BCUT2D eigenvalue weighted by molar-refractivity contribution is 5.82. The van der Waals surface area contributed by atoms with Crippen LogP contribution >= 0.6 is 0 Å².